The minimum atomic E-state index is -4.16. The molecule has 0 aliphatic heterocycles. The molecule has 0 aliphatic rings. The molecule has 0 radical (unpaired) electrons. The summed E-state index contributed by atoms with van der Waals surface area (Å²) in [5.41, 5.74) is 8.59. The van der Waals surface area contributed by atoms with Crippen LogP contribution < -0.4 is 0 Å². The number of hydrogen-bond acceptors (Lipinski definition) is 10. The SMILES string of the molecule is C.C.C=Cc1ccc(CO)cc1.C=Cc1ccc(COCCCS(=O)(=O)[O-])cc1.CCC(CC(C)c1ccc(CO)cc1)c1ccc(COCCCS(=O)(=O)[O-])cc1. The first-order valence-electron chi connectivity index (χ1n) is 18.5. The summed E-state index contributed by atoms with van der Waals surface area (Å²) in [5.74, 6) is 0.126. The molecule has 12 heteroatoms. The van der Waals surface area contributed by atoms with Gasteiger partial charge in [-0.3, -0.25) is 0 Å². The van der Waals surface area contributed by atoms with Gasteiger partial charge in [-0.05, 0) is 82.0 Å². The van der Waals surface area contributed by atoms with E-state index in [2.05, 4.69) is 51.3 Å². The van der Waals surface area contributed by atoms with Crippen molar-refractivity contribution >= 4 is 32.4 Å². The maximum absolute atomic E-state index is 10.6. The van der Waals surface area contributed by atoms with Crippen molar-refractivity contribution in [1.29, 1.82) is 0 Å². The molecule has 2 unspecified atom stereocenters. The third-order valence-electron chi connectivity index (χ3n) is 8.83. The molecular weight excluding hydrogens is 777 g/mol. The number of benzene rings is 4. The predicted molar refractivity (Wildman–Crippen MR) is 235 cm³/mol. The smallest absolute Gasteiger partial charge is 0.0946 e. The molecule has 0 spiro atoms. The Morgan fingerprint density at radius 2 is 0.948 bits per heavy atom. The minimum Gasteiger partial charge on any atom is -0.748 e. The van der Waals surface area contributed by atoms with Gasteiger partial charge in [0.2, 0.25) is 0 Å². The number of ether oxygens (including phenoxy) is 2. The quantitative estimate of drug-likeness (QED) is 0.0608. The zero-order valence-corrected chi connectivity index (χ0v) is 34.1. The zero-order chi connectivity index (χ0) is 41.4. The maximum Gasteiger partial charge on any atom is 0.0946 e. The van der Waals surface area contributed by atoms with Crippen LogP contribution in [0.15, 0.2) is 110 Å². The first kappa shape index (κ1) is 54.0. The van der Waals surface area contributed by atoms with Crippen LogP contribution in [-0.4, -0.2) is 60.9 Å². The van der Waals surface area contributed by atoms with Gasteiger partial charge >= 0.3 is 0 Å². The molecule has 0 saturated carbocycles. The van der Waals surface area contributed by atoms with Crippen LogP contribution in [0.3, 0.4) is 0 Å². The van der Waals surface area contributed by atoms with Gasteiger partial charge in [-0.1, -0.05) is 151 Å². The molecule has 0 aliphatic carbocycles. The van der Waals surface area contributed by atoms with Crippen molar-refractivity contribution in [1.82, 2.24) is 0 Å². The Bertz CT molecular complexity index is 1910. The Kier molecular flexibility index (Phi) is 27.3. The average molecular weight is 841 g/mol. The molecule has 0 heterocycles. The van der Waals surface area contributed by atoms with E-state index in [0.29, 0.717) is 25.0 Å². The fraction of sp³-hybridized carbons (Fsp3) is 0.391. The summed E-state index contributed by atoms with van der Waals surface area (Å²) >= 11 is 0. The van der Waals surface area contributed by atoms with Gasteiger partial charge in [0.1, 0.15) is 0 Å². The third kappa shape index (κ3) is 23.4. The zero-order valence-electron chi connectivity index (χ0n) is 32.4. The van der Waals surface area contributed by atoms with Gasteiger partial charge in [-0.15, -0.1) is 0 Å². The van der Waals surface area contributed by atoms with Crippen molar-refractivity contribution in [2.75, 3.05) is 24.7 Å². The number of aliphatic hydroxyl groups is 2. The molecule has 0 bridgehead atoms. The maximum atomic E-state index is 10.6. The van der Waals surface area contributed by atoms with Gasteiger partial charge < -0.3 is 28.8 Å². The molecule has 58 heavy (non-hydrogen) atoms. The van der Waals surface area contributed by atoms with Gasteiger partial charge in [0, 0.05) is 24.7 Å². The number of hydrogen-bond donors (Lipinski definition) is 2. The summed E-state index contributed by atoms with van der Waals surface area (Å²) in [6.45, 7) is 13.2. The summed E-state index contributed by atoms with van der Waals surface area (Å²) in [4.78, 5) is 0. The number of rotatable bonds is 21. The lowest BCUT2D eigenvalue weighted by Crippen LogP contribution is -2.07. The van der Waals surface area contributed by atoms with Crippen LogP contribution in [0.5, 0.6) is 0 Å². The van der Waals surface area contributed by atoms with Gasteiger partial charge in [-0.2, -0.15) is 0 Å². The van der Waals surface area contributed by atoms with Gasteiger partial charge in [0.25, 0.3) is 0 Å². The summed E-state index contributed by atoms with van der Waals surface area (Å²) < 4.78 is 73.4. The van der Waals surface area contributed by atoms with Crippen molar-refractivity contribution < 1.29 is 45.6 Å². The molecule has 322 valence electrons. The van der Waals surface area contributed by atoms with Crippen molar-refractivity contribution in [3.05, 3.63) is 155 Å². The molecule has 2 atom stereocenters. The van der Waals surface area contributed by atoms with Crippen molar-refractivity contribution in [3.63, 3.8) is 0 Å². The summed E-state index contributed by atoms with van der Waals surface area (Å²) in [7, 11) is -8.28. The second-order valence-electron chi connectivity index (χ2n) is 13.3. The van der Waals surface area contributed by atoms with Crippen LogP contribution in [0.4, 0.5) is 0 Å². The highest BCUT2D eigenvalue weighted by molar-refractivity contribution is 7.85. The van der Waals surface area contributed by atoms with E-state index in [4.69, 9.17) is 14.6 Å². The Balaban J connectivity index is 0.000000945. The monoisotopic (exact) mass is 840 g/mol. The highest BCUT2D eigenvalue weighted by Crippen LogP contribution is 2.32. The van der Waals surface area contributed by atoms with Gasteiger partial charge in [0.15, 0.2) is 0 Å². The fourth-order valence-corrected chi connectivity index (χ4v) is 6.45. The molecule has 4 aromatic rings. The van der Waals surface area contributed by atoms with E-state index in [1.807, 2.05) is 72.8 Å². The lowest BCUT2D eigenvalue weighted by molar-refractivity contribution is 0.121. The molecule has 0 saturated heterocycles. The van der Waals surface area contributed by atoms with Gasteiger partial charge in [0.05, 0.1) is 46.7 Å². The van der Waals surface area contributed by atoms with Crippen LogP contribution in [0.2, 0.25) is 0 Å². The largest absolute Gasteiger partial charge is 0.748 e. The van der Waals surface area contributed by atoms with Crippen LogP contribution in [0, 0.1) is 0 Å². The lowest BCUT2D eigenvalue weighted by Gasteiger charge is -2.21. The highest BCUT2D eigenvalue weighted by atomic mass is 32.2. The average Bonchev–Trinajstić information content (AvgIpc) is 3.20. The van der Waals surface area contributed by atoms with E-state index in [-0.39, 0.29) is 65.6 Å². The molecular formula is C46H64O10S2-2. The number of aliphatic hydroxyl groups excluding tert-OH is 2. The van der Waals surface area contributed by atoms with Crippen LogP contribution in [0.25, 0.3) is 12.2 Å². The standard InChI is InChI=1S/C23H32O5S.C12H16O4S.C9H10O.2CH4/c1-3-21(15-18(2)22-9-5-19(16-24)6-10-22)23-11-7-20(8-12-23)17-28-13-4-14-29(25,26)27;1-2-11-4-6-12(7-5-11)10-16-8-3-9-17(13,14)15;1-2-8-3-5-9(7-10)6-4-8;;/h5-12,18,21,24H,3-4,13-17H2,1-2H3,(H,25,26,27);2,4-7H,1,3,8-10H2,(H,13,14,15);2-6,10H,1,7H2;2*1H4/p-2. The van der Waals surface area contributed by atoms with Crippen LogP contribution >= 0.6 is 0 Å². The molecule has 0 amide bonds. The lowest BCUT2D eigenvalue weighted by atomic mass is 9.84. The van der Waals surface area contributed by atoms with Gasteiger partial charge in [-0.25, -0.2) is 16.8 Å². The van der Waals surface area contributed by atoms with E-state index in [1.165, 1.54) is 11.1 Å². The predicted octanol–water partition coefficient (Wildman–Crippen LogP) is 9.19. The van der Waals surface area contributed by atoms with E-state index in [0.717, 1.165) is 46.2 Å². The fourth-order valence-electron chi connectivity index (χ4n) is 5.50. The highest BCUT2D eigenvalue weighted by Gasteiger charge is 2.15. The van der Waals surface area contributed by atoms with Crippen molar-refractivity contribution in [3.8, 4) is 0 Å². The summed E-state index contributed by atoms with van der Waals surface area (Å²) in [6, 6.07) is 31.8. The van der Waals surface area contributed by atoms with E-state index in [1.54, 1.807) is 12.2 Å². The first-order valence-corrected chi connectivity index (χ1v) is 21.7. The summed E-state index contributed by atoms with van der Waals surface area (Å²) in [6.07, 6.45) is 6.09. The molecule has 10 nitrogen and oxygen atoms in total. The Morgan fingerprint density at radius 3 is 1.29 bits per heavy atom. The van der Waals surface area contributed by atoms with Crippen LogP contribution in [0.1, 0.15) is 111 Å². The minimum absolute atomic E-state index is 0. The second-order valence-corrected chi connectivity index (χ2v) is 16.3. The second kappa shape index (κ2) is 29.3. The summed E-state index contributed by atoms with van der Waals surface area (Å²) in [5, 5.41) is 17.9. The third-order valence-corrected chi connectivity index (χ3v) is 10.4. The molecule has 2 N–H and O–H groups in total. The topological polar surface area (TPSA) is 173 Å². The van der Waals surface area contributed by atoms with E-state index in [9.17, 15) is 31.0 Å². The Hall–Kier alpha value is -3.98. The van der Waals surface area contributed by atoms with Crippen molar-refractivity contribution in [2.24, 2.45) is 0 Å². The van der Waals surface area contributed by atoms with Crippen LogP contribution in [-0.2, 0) is 56.1 Å². The molecule has 0 aromatic heterocycles. The first-order chi connectivity index (χ1) is 26.7. The molecule has 4 rings (SSSR count). The Morgan fingerprint density at radius 1 is 0.603 bits per heavy atom. The van der Waals surface area contributed by atoms with Crippen molar-refractivity contribution in [2.45, 2.75) is 92.6 Å². The normalized spacial score (nSPS) is 11.9. The molecule has 0 fully saturated rings. The van der Waals surface area contributed by atoms with E-state index < -0.39 is 20.2 Å². The molecule has 4 aromatic carbocycles. The van der Waals surface area contributed by atoms with E-state index >= 15 is 0 Å². The Labute approximate surface area is 348 Å².